The first-order valence-corrected chi connectivity index (χ1v) is 16.4. The predicted octanol–water partition coefficient (Wildman–Crippen LogP) is 6.10. The van der Waals surface area contributed by atoms with Crippen molar-refractivity contribution < 1.29 is 14.3 Å². The Balaban J connectivity index is 1.51. The molecule has 2 N–H and O–H groups in total. The van der Waals surface area contributed by atoms with Crippen molar-refractivity contribution in [1.82, 2.24) is 20.5 Å². The highest BCUT2D eigenvalue weighted by Crippen LogP contribution is 2.22. The number of nitrogens with one attached hydrogen (secondary N) is 2. The molecule has 0 bridgehead atoms. The van der Waals surface area contributed by atoms with Gasteiger partial charge in [-0.3, -0.25) is 9.59 Å². The molecule has 8 nitrogen and oxygen atoms in total. The maximum absolute atomic E-state index is 13.9. The lowest BCUT2D eigenvalue weighted by atomic mass is 10.0. The van der Waals surface area contributed by atoms with E-state index in [9.17, 15) is 9.59 Å². The van der Waals surface area contributed by atoms with E-state index < -0.39 is 0 Å². The Hall–Kier alpha value is -4.21. The molecule has 0 spiro atoms. The van der Waals surface area contributed by atoms with Crippen LogP contribution < -0.4 is 20.3 Å². The largest absolute Gasteiger partial charge is 0.497 e. The van der Waals surface area contributed by atoms with E-state index in [1.165, 1.54) is 0 Å². The number of hydrogen-bond acceptors (Lipinski definition) is 7. The molecule has 1 aromatic heterocycles. The fraction of sp³-hybridized carbons (Fsp3) is 0.361. The van der Waals surface area contributed by atoms with Crippen LogP contribution in [0.4, 0.5) is 5.69 Å². The number of carbonyl (C=O) groups is 2. The Labute approximate surface area is 271 Å². The molecule has 0 aliphatic carbocycles. The van der Waals surface area contributed by atoms with Crippen LogP contribution in [0, 0.1) is 6.92 Å². The first kappa shape index (κ1) is 33.7. The number of hydrogen-bond donors (Lipinski definition) is 2. The lowest BCUT2D eigenvalue weighted by Gasteiger charge is -2.24. The van der Waals surface area contributed by atoms with Crippen molar-refractivity contribution in [2.75, 3.05) is 38.7 Å². The Kier molecular flexibility index (Phi) is 12.5. The van der Waals surface area contributed by atoms with Crippen molar-refractivity contribution >= 4 is 28.8 Å². The van der Waals surface area contributed by atoms with Gasteiger partial charge in [-0.05, 0) is 81.6 Å². The highest BCUT2D eigenvalue weighted by molar-refractivity contribution is 7.09. The van der Waals surface area contributed by atoms with E-state index in [0.29, 0.717) is 30.6 Å². The number of nitrogens with zero attached hydrogens (tertiary/aromatic N) is 3. The molecule has 2 amide bonds. The summed E-state index contributed by atoms with van der Waals surface area (Å²) in [5, 5.41) is 9.66. The van der Waals surface area contributed by atoms with Gasteiger partial charge in [-0.15, -0.1) is 11.3 Å². The third-order valence-electron chi connectivity index (χ3n) is 7.73. The minimum Gasteiger partial charge on any atom is -0.497 e. The number of ether oxygens (including phenoxy) is 1. The maximum Gasteiger partial charge on any atom is 0.254 e. The summed E-state index contributed by atoms with van der Waals surface area (Å²) in [5.41, 5.74) is 5.05. The van der Waals surface area contributed by atoms with Crippen molar-refractivity contribution in [2.24, 2.45) is 0 Å². The highest BCUT2D eigenvalue weighted by atomic mass is 32.1. The van der Waals surface area contributed by atoms with E-state index in [1.54, 1.807) is 36.5 Å². The highest BCUT2D eigenvalue weighted by Gasteiger charge is 2.21. The summed E-state index contributed by atoms with van der Waals surface area (Å²) in [4.78, 5) is 35.8. The molecule has 0 saturated carbocycles. The number of thiazole rings is 1. The van der Waals surface area contributed by atoms with E-state index in [-0.39, 0.29) is 17.9 Å². The van der Waals surface area contributed by atoms with Gasteiger partial charge in [-0.25, -0.2) is 4.98 Å². The second kappa shape index (κ2) is 16.7. The van der Waals surface area contributed by atoms with Crippen molar-refractivity contribution in [3.8, 4) is 5.75 Å². The average molecular weight is 628 g/mol. The summed E-state index contributed by atoms with van der Waals surface area (Å²) in [7, 11) is 3.44. The smallest absolute Gasteiger partial charge is 0.254 e. The molecule has 4 aromatic rings. The molecule has 0 aliphatic rings. The van der Waals surface area contributed by atoms with Crippen LogP contribution in [0.1, 0.15) is 62.8 Å². The number of aromatic nitrogens is 1. The lowest BCUT2D eigenvalue weighted by molar-refractivity contribution is 0.0785. The number of aryl methyl sites for hydroxylation is 1. The van der Waals surface area contributed by atoms with Gasteiger partial charge in [-0.1, -0.05) is 42.5 Å². The first-order valence-electron chi connectivity index (χ1n) is 15.5. The molecule has 1 atom stereocenters. The van der Waals surface area contributed by atoms with Crippen molar-refractivity contribution in [3.63, 3.8) is 0 Å². The zero-order valence-electron chi connectivity index (χ0n) is 27.0. The van der Waals surface area contributed by atoms with Crippen molar-refractivity contribution in [1.29, 1.82) is 0 Å². The van der Waals surface area contributed by atoms with Gasteiger partial charge in [-0.2, -0.15) is 0 Å². The minimum atomic E-state index is -0.190. The first-order chi connectivity index (χ1) is 21.8. The summed E-state index contributed by atoms with van der Waals surface area (Å²) >= 11 is 1.54. The second-order valence-electron chi connectivity index (χ2n) is 11.2. The molecule has 1 heterocycles. The Morgan fingerprint density at radius 2 is 1.69 bits per heavy atom. The van der Waals surface area contributed by atoms with Crippen LogP contribution in [0.25, 0.3) is 0 Å². The Bertz CT molecular complexity index is 1540. The molecule has 0 aliphatic heterocycles. The summed E-state index contributed by atoms with van der Waals surface area (Å²) in [6.45, 7) is 9.45. The number of benzene rings is 3. The standard InChI is InChI=1S/C36H45N5O3S/c1-6-41(7-2)32-21-29(20-30(22-32)36(43)40(4)24-34-38-26(3)25-45-34)35(42)39-31(18-27-12-9-8-10-13-27)16-17-37-23-28-14-11-15-33(19-28)44-5/h8-15,19-22,25,31,37H,6-7,16-18,23-24H2,1-5H3,(H,39,42)/t31-/m1/s1. The number of rotatable bonds is 16. The van der Waals surface area contributed by atoms with Gasteiger partial charge in [0.2, 0.25) is 0 Å². The molecule has 45 heavy (non-hydrogen) atoms. The Morgan fingerprint density at radius 1 is 0.956 bits per heavy atom. The number of anilines is 1. The van der Waals surface area contributed by atoms with Crippen LogP contribution in [0.3, 0.4) is 0 Å². The van der Waals surface area contributed by atoms with Gasteiger partial charge in [0, 0.05) is 60.6 Å². The zero-order chi connectivity index (χ0) is 32.2. The van der Waals surface area contributed by atoms with Crippen molar-refractivity contribution in [3.05, 3.63) is 111 Å². The van der Waals surface area contributed by atoms with Gasteiger partial charge in [0.05, 0.1) is 13.7 Å². The molecule has 0 saturated heterocycles. The number of carbonyl (C=O) groups excluding carboxylic acids is 2. The number of methoxy groups -OCH3 is 1. The summed E-state index contributed by atoms with van der Waals surface area (Å²) in [6.07, 6.45) is 1.44. The summed E-state index contributed by atoms with van der Waals surface area (Å²) < 4.78 is 5.35. The molecular formula is C36H45N5O3S. The van der Waals surface area contributed by atoms with Crippen LogP contribution in [0.5, 0.6) is 5.75 Å². The molecule has 9 heteroatoms. The van der Waals surface area contributed by atoms with Crippen LogP contribution in [-0.4, -0.2) is 61.5 Å². The fourth-order valence-corrected chi connectivity index (χ4v) is 6.12. The Morgan fingerprint density at radius 3 is 2.38 bits per heavy atom. The van der Waals surface area contributed by atoms with Crippen LogP contribution in [-0.2, 0) is 19.5 Å². The quantitative estimate of drug-likeness (QED) is 0.146. The van der Waals surface area contributed by atoms with Gasteiger partial charge in [0.25, 0.3) is 11.8 Å². The van der Waals surface area contributed by atoms with Gasteiger partial charge in [0.15, 0.2) is 0 Å². The molecule has 3 aromatic carbocycles. The molecule has 4 rings (SSSR count). The second-order valence-corrected chi connectivity index (χ2v) is 12.1. The normalized spacial score (nSPS) is 11.6. The molecule has 0 fully saturated rings. The van der Waals surface area contributed by atoms with Gasteiger partial charge >= 0.3 is 0 Å². The monoisotopic (exact) mass is 627 g/mol. The van der Waals surface area contributed by atoms with Gasteiger partial charge in [0.1, 0.15) is 10.8 Å². The van der Waals surface area contributed by atoms with E-state index in [1.807, 2.05) is 60.8 Å². The van der Waals surface area contributed by atoms with Gasteiger partial charge < -0.3 is 25.2 Å². The average Bonchev–Trinajstić information content (AvgIpc) is 3.47. The maximum atomic E-state index is 13.9. The third-order valence-corrected chi connectivity index (χ3v) is 8.69. The molecule has 0 unspecified atom stereocenters. The zero-order valence-corrected chi connectivity index (χ0v) is 27.8. The fourth-order valence-electron chi connectivity index (χ4n) is 5.29. The predicted molar refractivity (Wildman–Crippen MR) is 183 cm³/mol. The SMILES string of the molecule is CCN(CC)c1cc(C(=O)N[C@H](CCNCc2cccc(OC)c2)Cc2ccccc2)cc(C(=O)N(C)Cc2nc(C)cs2)c1. The van der Waals surface area contributed by atoms with E-state index in [2.05, 4.69) is 52.6 Å². The molecule has 0 radical (unpaired) electrons. The molecular weight excluding hydrogens is 582 g/mol. The lowest BCUT2D eigenvalue weighted by Crippen LogP contribution is -2.39. The topological polar surface area (TPSA) is 86.8 Å². The van der Waals surface area contributed by atoms with E-state index in [0.717, 1.165) is 59.3 Å². The summed E-state index contributed by atoms with van der Waals surface area (Å²) in [6, 6.07) is 23.6. The molecule has 238 valence electrons. The minimum absolute atomic E-state index is 0.107. The van der Waals surface area contributed by atoms with Crippen molar-refractivity contribution in [2.45, 2.75) is 52.7 Å². The van der Waals surface area contributed by atoms with Crippen LogP contribution in [0.15, 0.2) is 78.2 Å². The van der Waals surface area contributed by atoms with E-state index >= 15 is 0 Å². The van der Waals surface area contributed by atoms with E-state index in [4.69, 9.17) is 4.74 Å². The summed E-state index contributed by atoms with van der Waals surface area (Å²) in [5.74, 6) is 0.497. The third kappa shape index (κ3) is 9.89. The van der Waals surface area contributed by atoms with Crippen LogP contribution in [0.2, 0.25) is 0 Å². The van der Waals surface area contributed by atoms with Crippen LogP contribution >= 0.6 is 11.3 Å². The number of amides is 2.